The van der Waals surface area contributed by atoms with Crippen molar-refractivity contribution in [1.82, 2.24) is 5.32 Å². The Balaban J connectivity index is 1.78. The monoisotopic (exact) mass is 473 g/mol. The van der Waals surface area contributed by atoms with Crippen molar-refractivity contribution < 1.29 is 24.2 Å². The summed E-state index contributed by atoms with van der Waals surface area (Å²) in [6, 6.07) is 21.3. The summed E-state index contributed by atoms with van der Waals surface area (Å²) < 4.78 is 5.65. The lowest BCUT2D eigenvalue weighted by Gasteiger charge is -2.31. The number of imide groups is 1. The van der Waals surface area contributed by atoms with E-state index in [1.807, 2.05) is 0 Å². The van der Waals surface area contributed by atoms with Crippen LogP contribution in [0.2, 0.25) is 0 Å². The molecule has 0 bridgehead atoms. The number of hydrogen-bond acceptors (Lipinski definition) is 6. The van der Waals surface area contributed by atoms with Crippen molar-refractivity contribution in [2.24, 2.45) is 5.41 Å². The number of carbonyl (C=O) groups excluding carboxylic acids is 3. The fourth-order valence-corrected chi connectivity index (χ4v) is 3.35. The molecule has 3 aromatic carbocycles. The van der Waals surface area contributed by atoms with Gasteiger partial charge in [-0.3, -0.25) is 14.9 Å². The zero-order valence-electron chi connectivity index (χ0n) is 19.4. The molecule has 0 aliphatic carbocycles. The van der Waals surface area contributed by atoms with Gasteiger partial charge in [0.25, 0.3) is 5.91 Å². The molecule has 3 rings (SSSR count). The fourth-order valence-electron chi connectivity index (χ4n) is 3.35. The van der Waals surface area contributed by atoms with Crippen molar-refractivity contribution in [3.05, 3.63) is 102 Å². The summed E-state index contributed by atoms with van der Waals surface area (Å²) in [4.78, 5) is 37.5. The van der Waals surface area contributed by atoms with Crippen molar-refractivity contribution in [2.75, 3.05) is 11.1 Å². The number of ether oxygens (including phenoxy) is 1. The van der Waals surface area contributed by atoms with Crippen LogP contribution in [-0.4, -0.2) is 23.0 Å². The highest BCUT2D eigenvalue weighted by Gasteiger charge is 2.33. The van der Waals surface area contributed by atoms with Crippen LogP contribution in [0.4, 0.5) is 16.2 Å². The van der Waals surface area contributed by atoms with Gasteiger partial charge < -0.3 is 20.9 Å². The minimum atomic E-state index is -0.945. The second-order valence-corrected chi connectivity index (χ2v) is 8.43. The van der Waals surface area contributed by atoms with Gasteiger partial charge in [-0.05, 0) is 48.0 Å². The Morgan fingerprint density at radius 3 is 2.23 bits per heavy atom. The molecule has 3 aromatic rings. The number of nitrogen functional groups attached to an aromatic ring is 1. The molecule has 0 saturated heterocycles. The van der Waals surface area contributed by atoms with Crippen molar-refractivity contribution in [1.29, 1.82) is 0 Å². The van der Waals surface area contributed by atoms with Gasteiger partial charge in [0.1, 0.15) is 11.9 Å². The van der Waals surface area contributed by atoms with Crippen LogP contribution < -0.4 is 16.4 Å². The summed E-state index contributed by atoms with van der Waals surface area (Å²) in [6.45, 7) is 3.55. The first-order chi connectivity index (χ1) is 16.7. The Labute approximate surface area is 203 Å². The molecule has 8 heteroatoms. The van der Waals surface area contributed by atoms with Gasteiger partial charge in [-0.2, -0.15) is 0 Å². The van der Waals surface area contributed by atoms with Crippen LogP contribution in [0.3, 0.4) is 0 Å². The van der Waals surface area contributed by atoms with E-state index in [0.29, 0.717) is 22.5 Å². The van der Waals surface area contributed by atoms with Crippen molar-refractivity contribution in [3.8, 4) is 5.75 Å². The number of phenolic OH excluding ortho intramolecular Hbond substituents is 1. The van der Waals surface area contributed by atoms with E-state index >= 15 is 0 Å². The van der Waals surface area contributed by atoms with Crippen LogP contribution in [0, 0.1) is 5.41 Å². The maximum atomic E-state index is 12.6. The molecular weight excluding hydrogens is 446 g/mol. The zero-order chi connectivity index (χ0) is 25.4. The van der Waals surface area contributed by atoms with Crippen LogP contribution >= 0.6 is 0 Å². The molecule has 0 radical (unpaired) electrons. The van der Waals surface area contributed by atoms with Gasteiger partial charge in [0.2, 0.25) is 5.91 Å². The third-order valence-corrected chi connectivity index (χ3v) is 5.23. The van der Waals surface area contributed by atoms with Gasteiger partial charge in [-0.1, -0.05) is 62.4 Å². The van der Waals surface area contributed by atoms with E-state index in [0.717, 1.165) is 0 Å². The number of rotatable bonds is 7. The van der Waals surface area contributed by atoms with Crippen LogP contribution in [0.1, 0.15) is 35.9 Å². The SMILES string of the molecule is CC(C)(/C=C/C(=O)Nc1ccccc1N)[C@@H](OC(=O)NC(=O)c1ccccc1)c1ccc(O)cc1. The van der Waals surface area contributed by atoms with E-state index in [2.05, 4.69) is 10.6 Å². The van der Waals surface area contributed by atoms with Crippen LogP contribution in [0.25, 0.3) is 0 Å². The lowest BCUT2D eigenvalue weighted by atomic mass is 9.82. The van der Waals surface area contributed by atoms with Crippen LogP contribution in [0.5, 0.6) is 5.75 Å². The van der Waals surface area contributed by atoms with E-state index in [-0.39, 0.29) is 5.75 Å². The molecule has 0 aliphatic rings. The molecule has 8 nitrogen and oxygen atoms in total. The van der Waals surface area contributed by atoms with Crippen molar-refractivity contribution in [3.63, 3.8) is 0 Å². The quantitative estimate of drug-likeness (QED) is 0.288. The molecule has 0 heterocycles. The number of anilines is 2. The van der Waals surface area contributed by atoms with Gasteiger partial charge >= 0.3 is 6.09 Å². The lowest BCUT2D eigenvalue weighted by molar-refractivity contribution is -0.112. The smallest absolute Gasteiger partial charge is 0.414 e. The van der Waals surface area contributed by atoms with Crippen LogP contribution in [-0.2, 0) is 9.53 Å². The number of alkyl carbamates (subject to hydrolysis) is 1. The number of carbonyl (C=O) groups is 3. The molecule has 0 fully saturated rings. The largest absolute Gasteiger partial charge is 0.508 e. The molecule has 5 N–H and O–H groups in total. The number of benzene rings is 3. The lowest BCUT2D eigenvalue weighted by Crippen LogP contribution is -2.35. The molecule has 3 amide bonds. The Bertz CT molecular complexity index is 1220. The van der Waals surface area contributed by atoms with E-state index in [1.165, 1.54) is 18.2 Å². The van der Waals surface area contributed by atoms with Crippen molar-refractivity contribution in [2.45, 2.75) is 20.0 Å². The van der Waals surface area contributed by atoms with Gasteiger partial charge in [0.15, 0.2) is 0 Å². The minimum Gasteiger partial charge on any atom is -0.508 e. The first kappa shape index (κ1) is 25.0. The predicted molar refractivity (Wildman–Crippen MR) is 134 cm³/mol. The van der Waals surface area contributed by atoms with Gasteiger partial charge in [0.05, 0.1) is 11.4 Å². The normalized spacial score (nSPS) is 12.1. The molecule has 0 aromatic heterocycles. The maximum Gasteiger partial charge on any atom is 0.414 e. The Morgan fingerprint density at radius 2 is 1.57 bits per heavy atom. The molecule has 35 heavy (non-hydrogen) atoms. The molecule has 0 saturated carbocycles. The molecule has 180 valence electrons. The Kier molecular flexibility index (Phi) is 7.88. The number of phenols is 1. The summed E-state index contributed by atoms with van der Waals surface area (Å²) in [5, 5.41) is 14.6. The molecule has 0 unspecified atom stereocenters. The summed E-state index contributed by atoms with van der Waals surface area (Å²) in [6.07, 6.45) is 1.10. The summed E-state index contributed by atoms with van der Waals surface area (Å²) >= 11 is 0. The zero-order valence-corrected chi connectivity index (χ0v) is 19.4. The number of amides is 3. The first-order valence-corrected chi connectivity index (χ1v) is 10.9. The highest BCUT2D eigenvalue weighted by atomic mass is 16.6. The standard InChI is InChI=1S/C27H27N3O5/c1-27(2,17-16-23(32)29-22-11-7-6-10-21(22)28)24(18-12-14-20(31)15-13-18)35-26(34)30-25(33)19-8-4-3-5-9-19/h3-17,24,31H,28H2,1-2H3,(H,29,32)(H,30,33,34)/b17-16+/t24-/m0/s1. The third kappa shape index (κ3) is 6.94. The molecule has 0 aliphatic heterocycles. The molecule has 1 atom stereocenters. The van der Waals surface area contributed by atoms with Gasteiger partial charge in [0, 0.05) is 11.0 Å². The second kappa shape index (κ2) is 11.0. The summed E-state index contributed by atoms with van der Waals surface area (Å²) in [7, 11) is 0. The van der Waals surface area contributed by atoms with E-state index < -0.39 is 29.4 Å². The van der Waals surface area contributed by atoms with E-state index in [1.54, 1.807) is 86.7 Å². The summed E-state index contributed by atoms with van der Waals surface area (Å²) in [5.41, 5.74) is 6.76. The first-order valence-electron chi connectivity index (χ1n) is 10.9. The van der Waals surface area contributed by atoms with Crippen LogP contribution in [0.15, 0.2) is 91.0 Å². The highest BCUT2D eigenvalue weighted by Crippen LogP contribution is 2.38. The Morgan fingerprint density at radius 1 is 0.943 bits per heavy atom. The highest BCUT2D eigenvalue weighted by molar-refractivity contribution is 6.03. The minimum absolute atomic E-state index is 0.0457. The third-order valence-electron chi connectivity index (χ3n) is 5.23. The topological polar surface area (TPSA) is 131 Å². The van der Waals surface area contributed by atoms with E-state index in [4.69, 9.17) is 10.5 Å². The fraction of sp³-hybridized carbons (Fsp3) is 0.148. The predicted octanol–water partition coefficient (Wildman–Crippen LogP) is 4.80. The molecular formula is C27H27N3O5. The second-order valence-electron chi connectivity index (χ2n) is 8.43. The number of nitrogens with one attached hydrogen (secondary N) is 2. The average Bonchev–Trinajstić information content (AvgIpc) is 2.84. The van der Waals surface area contributed by atoms with Crippen molar-refractivity contribution >= 4 is 29.3 Å². The maximum absolute atomic E-state index is 12.6. The van der Waals surface area contributed by atoms with Gasteiger partial charge in [-0.15, -0.1) is 0 Å². The Hall–Kier alpha value is -4.59. The average molecular weight is 474 g/mol. The van der Waals surface area contributed by atoms with E-state index in [9.17, 15) is 19.5 Å². The molecule has 0 spiro atoms. The number of para-hydroxylation sites is 2. The number of nitrogens with two attached hydrogens (primary N) is 1. The van der Waals surface area contributed by atoms with Gasteiger partial charge in [-0.25, -0.2) is 4.79 Å². The number of hydrogen-bond donors (Lipinski definition) is 4. The summed E-state index contributed by atoms with van der Waals surface area (Å²) in [5.74, 6) is -0.971. The number of aromatic hydroxyl groups is 1.